The first kappa shape index (κ1) is 10.6. The topological polar surface area (TPSA) is 21.3 Å². The molecular weight excluding hydrogens is 213 g/mol. The van der Waals surface area contributed by atoms with Crippen LogP contribution in [0.25, 0.3) is 0 Å². The zero-order valence-electron chi connectivity index (χ0n) is 8.63. The summed E-state index contributed by atoms with van der Waals surface area (Å²) in [6, 6.07) is 5.40. The molecule has 1 atom stereocenters. The van der Waals surface area contributed by atoms with Gasteiger partial charge in [0.05, 0.1) is 7.11 Å². The van der Waals surface area contributed by atoms with Crippen LogP contribution in [0.3, 0.4) is 0 Å². The minimum absolute atomic E-state index is 0.297. The molecule has 1 aromatic carbocycles. The molecule has 15 heavy (non-hydrogen) atoms. The molecule has 0 amide bonds. The minimum atomic E-state index is -0.316. The largest absolute Gasteiger partial charge is 0.494 e. The van der Waals surface area contributed by atoms with Crippen molar-refractivity contribution in [2.24, 2.45) is 0 Å². The van der Waals surface area contributed by atoms with Gasteiger partial charge in [-0.25, -0.2) is 4.39 Å². The second-order valence-electron chi connectivity index (χ2n) is 3.55. The standard InChI is InChI=1S/C11H14FNOS/c1-14-11-6-8(2-3-10(11)12)13-9-4-5-15-7-9/h2-3,6,9,13H,4-5,7H2,1H3. The van der Waals surface area contributed by atoms with Crippen LogP contribution in [0.5, 0.6) is 5.75 Å². The van der Waals surface area contributed by atoms with E-state index in [-0.39, 0.29) is 5.82 Å². The van der Waals surface area contributed by atoms with Crippen LogP contribution in [0.2, 0.25) is 0 Å². The van der Waals surface area contributed by atoms with Crippen LogP contribution in [0.15, 0.2) is 18.2 Å². The van der Waals surface area contributed by atoms with Gasteiger partial charge in [0.2, 0.25) is 0 Å². The fourth-order valence-corrected chi connectivity index (χ4v) is 2.79. The molecule has 0 bridgehead atoms. The van der Waals surface area contributed by atoms with Crippen LogP contribution in [0, 0.1) is 5.82 Å². The Balaban J connectivity index is 2.07. The summed E-state index contributed by atoms with van der Waals surface area (Å²) in [5.41, 5.74) is 0.931. The van der Waals surface area contributed by atoms with Crippen molar-refractivity contribution >= 4 is 17.4 Å². The van der Waals surface area contributed by atoms with Gasteiger partial charge in [-0.05, 0) is 24.3 Å². The molecule has 0 radical (unpaired) electrons. The van der Waals surface area contributed by atoms with Gasteiger partial charge in [0.1, 0.15) is 0 Å². The monoisotopic (exact) mass is 227 g/mol. The minimum Gasteiger partial charge on any atom is -0.494 e. The molecule has 1 aliphatic heterocycles. The quantitative estimate of drug-likeness (QED) is 0.858. The third-order valence-corrected chi connectivity index (χ3v) is 3.61. The lowest BCUT2D eigenvalue weighted by Crippen LogP contribution is -2.17. The predicted molar refractivity (Wildman–Crippen MR) is 62.3 cm³/mol. The number of nitrogens with one attached hydrogen (secondary N) is 1. The first-order valence-electron chi connectivity index (χ1n) is 4.97. The zero-order chi connectivity index (χ0) is 10.7. The summed E-state index contributed by atoms with van der Waals surface area (Å²) in [6.45, 7) is 0. The molecule has 2 rings (SSSR count). The summed E-state index contributed by atoms with van der Waals surface area (Å²) >= 11 is 1.95. The SMILES string of the molecule is COc1cc(NC2CCSC2)ccc1F. The van der Waals surface area contributed by atoms with E-state index < -0.39 is 0 Å². The molecule has 1 saturated heterocycles. The highest BCUT2D eigenvalue weighted by Gasteiger charge is 2.15. The Bertz CT molecular complexity index is 339. The highest BCUT2D eigenvalue weighted by Crippen LogP contribution is 2.25. The number of methoxy groups -OCH3 is 1. The van der Waals surface area contributed by atoms with Crippen molar-refractivity contribution in [3.05, 3.63) is 24.0 Å². The second-order valence-corrected chi connectivity index (χ2v) is 4.70. The number of thioether (sulfide) groups is 1. The number of rotatable bonds is 3. The average molecular weight is 227 g/mol. The van der Waals surface area contributed by atoms with Gasteiger partial charge in [0.25, 0.3) is 0 Å². The van der Waals surface area contributed by atoms with Crippen molar-refractivity contribution in [1.82, 2.24) is 0 Å². The number of ether oxygens (including phenoxy) is 1. The summed E-state index contributed by atoms with van der Waals surface area (Å²) in [5, 5.41) is 3.38. The maximum atomic E-state index is 13.1. The molecule has 1 aromatic rings. The van der Waals surface area contributed by atoms with E-state index in [4.69, 9.17) is 4.74 Å². The van der Waals surface area contributed by atoms with Crippen molar-refractivity contribution in [3.63, 3.8) is 0 Å². The molecule has 1 heterocycles. The highest BCUT2D eigenvalue weighted by atomic mass is 32.2. The molecule has 4 heteroatoms. The number of hydrogen-bond acceptors (Lipinski definition) is 3. The van der Waals surface area contributed by atoms with Crippen molar-refractivity contribution in [2.75, 3.05) is 23.9 Å². The van der Waals surface area contributed by atoms with Crippen LogP contribution in [-0.4, -0.2) is 24.7 Å². The lowest BCUT2D eigenvalue weighted by molar-refractivity contribution is 0.387. The van der Waals surface area contributed by atoms with Gasteiger partial charge < -0.3 is 10.1 Å². The van der Waals surface area contributed by atoms with Gasteiger partial charge in [0, 0.05) is 23.5 Å². The average Bonchev–Trinajstić information content (AvgIpc) is 2.73. The van der Waals surface area contributed by atoms with Gasteiger partial charge in [-0.3, -0.25) is 0 Å². The Labute approximate surface area is 93.2 Å². The number of hydrogen-bond donors (Lipinski definition) is 1. The third-order valence-electron chi connectivity index (χ3n) is 2.45. The van der Waals surface area contributed by atoms with Crippen LogP contribution < -0.4 is 10.1 Å². The fraction of sp³-hybridized carbons (Fsp3) is 0.455. The molecule has 1 N–H and O–H groups in total. The summed E-state index contributed by atoms with van der Waals surface area (Å²) in [7, 11) is 1.48. The van der Waals surface area contributed by atoms with E-state index in [1.54, 1.807) is 12.1 Å². The van der Waals surface area contributed by atoms with E-state index in [1.165, 1.54) is 25.3 Å². The first-order valence-corrected chi connectivity index (χ1v) is 6.13. The Morgan fingerprint density at radius 1 is 1.53 bits per heavy atom. The molecule has 1 fully saturated rings. The second kappa shape index (κ2) is 4.75. The van der Waals surface area contributed by atoms with E-state index >= 15 is 0 Å². The van der Waals surface area contributed by atoms with Gasteiger partial charge in [-0.2, -0.15) is 11.8 Å². The molecule has 0 saturated carbocycles. The Kier molecular flexibility index (Phi) is 3.36. The molecule has 0 aliphatic carbocycles. The summed E-state index contributed by atoms with van der Waals surface area (Å²) in [6.07, 6.45) is 1.17. The van der Waals surface area contributed by atoms with Gasteiger partial charge in [-0.15, -0.1) is 0 Å². The van der Waals surface area contributed by atoms with Gasteiger partial charge >= 0.3 is 0 Å². The van der Waals surface area contributed by atoms with Crippen molar-refractivity contribution < 1.29 is 9.13 Å². The van der Waals surface area contributed by atoms with Crippen LogP contribution >= 0.6 is 11.8 Å². The molecule has 0 aromatic heterocycles. The van der Waals surface area contributed by atoms with E-state index in [1.807, 2.05) is 11.8 Å². The number of anilines is 1. The Hall–Kier alpha value is -0.900. The van der Waals surface area contributed by atoms with Crippen molar-refractivity contribution in [1.29, 1.82) is 0 Å². The van der Waals surface area contributed by atoms with E-state index in [9.17, 15) is 4.39 Å². The maximum absolute atomic E-state index is 13.1. The van der Waals surface area contributed by atoms with Gasteiger partial charge in [-0.1, -0.05) is 0 Å². The molecule has 0 spiro atoms. The number of halogens is 1. The highest BCUT2D eigenvalue weighted by molar-refractivity contribution is 7.99. The smallest absolute Gasteiger partial charge is 0.165 e. The molecule has 2 nitrogen and oxygen atoms in total. The van der Waals surface area contributed by atoms with Crippen LogP contribution in [-0.2, 0) is 0 Å². The van der Waals surface area contributed by atoms with E-state index in [0.29, 0.717) is 11.8 Å². The summed E-state index contributed by atoms with van der Waals surface area (Å²) < 4.78 is 18.1. The molecular formula is C11H14FNOS. The summed E-state index contributed by atoms with van der Waals surface area (Å²) in [4.78, 5) is 0. The van der Waals surface area contributed by atoms with Crippen LogP contribution in [0.1, 0.15) is 6.42 Å². The Morgan fingerprint density at radius 3 is 3.07 bits per heavy atom. The van der Waals surface area contributed by atoms with Crippen molar-refractivity contribution in [3.8, 4) is 5.75 Å². The van der Waals surface area contributed by atoms with Gasteiger partial charge in [0.15, 0.2) is 11.6 Å². The number of benzene rings is 1. The predicted octanol–water partition coefficient (Wildman–Crippen LogP) is 2.75. The maximum Gasteiger partial charge on any atom is 0.165 e. The lowest BCUT2D eigenvalue weighted by Gasteiger charge is -2.13. The van der Waals surface area contributed by atoms with Crippen LogP contribution in [0.4, 0.5) is 10.1 Å². The summed E-state index contributed by atoms with van der Waals surface area (Å²) in [5.74, 6) is 2.31. The zero-order valence-corrected chi connectivity index (χ0v) is 9.44. The fourth-order valence-electron chi connectivity index (χ4n) is 1.63. The third kappa shape index (κ3) is 2.56. The van der Waals surface area contributed by atoms with Crippen molar-refractivity contribution in [2.45, 2.75) is 12.5 Å². The molecule has 1 unspecified atom stereocenters. The lowest BCUT2D eigenvalue weighted by atomic mass is 10.2. The normalized spacial score (nSPS) is 20.3. The van der Waals surface area contributed by atoms with E-state index in [2.05, 4.69) is 5.32 Å². The Morgan fingerprint density at radius 2 is 2.40 bits per heavy atom. The van der Waals surface area contributed by atoms with E-state index in [0.717, 1.165) is 11.4 Å². The molecule has 1 aliphatic rings. The molecule has 82 valence electrons. The first-order chi connectivity index (χ1) is 7.29.